The molecule has 0 atom stereocenters. The number of hydrogen-bond acceptors (Lipinski definition) is 7. The Morgan fingerprint density at radius 1 is 1.27 bits per heavy atom. The van der Waals surface area contributed by atoms with E-state index in [4.69, 9.17) is 10.5 Å². The number of likely N-dealkylation sites (tertiary alicyclic amines) is 1. The average Bonchev–Trinajstić information content (AvgIpc) is 3.09. The number of hydrogen-bond donors (Lipinski definition) is 2. The highest BCUT2D eigenvalue weighted by atomic mass is 19.3. The Hall–Kier alpha value is -3.89. The molecule has 1 spiro atoms. The highest BCUT2D eigenvalue weighted by molar-refractivity contribution is 6.08. The SMILES string of the molecule is CN=CC(=CN)c1cc(Oc2ccc(NC(=O)N3CCC4(CC(F)(F)C4)C3=O)nc2)ccn1. The summed E-state index contributed by atoms with van der Waals surface area (Å²) in [6.45, 7) is 0.105. The van der Waals surface area contributed by atoms with Gasteiger partial charge >= 0.3 is 6.03 Å². The van der Waals surface area contributed by atoms with Crippen LogP contribution in [0.1, 0.15) is 25.0 Å². The molecular formula is C22H22F2N6O3. The number of nitrogens with two attached hydrogens (primary N) is 1. The van der Waals surface area contributed by atoms with Gasteiger partial charge in [-0.3, -0.25) is 25.0 Å². The number of amides is 3. The Balaban J connectivity index is 1.37. The molecule has 2 aromatic rings. The summed E-state index contributed by atoms with van der Waals surface area (Å²) in [5.74, 6) is -2.30. The van der Waals surface area contributed by atoms with Crippen LogP contribution >= 0.6 is 0 Å². The number of imide groups is 1. The molecule has 9 nitrogen and oxygen atoms in total. The number of allylic oxidation sites excluding steroid dienone is 1. The summed E-state index contributed by atoms with van der Waals surface area (Å²) in [6.07, 6.45) is 5.18. The zero-order chi connectivity index (χ0) is 23.6. The molecule has 1 saturated carbocycles. The topological polar surface area (TPSA) is 123 Å². The molecule has 2 aliphatic rings. The second-order valence-corrected chi connectivity index (χ2v) is 7.99. The Labute approximate surface area is 188 Å². The van der Waals surface area contributed by atoms with Crippen molar-refractivity contribution in [1.29, 1.82) is 0 Å². The zero-order valence-electron chi connectivity index (χ0n) is 17.8. The monoisotopic (exact) mass is 456 g/mol. The van der Waals surface area contributed by atoms with Gasteiger partial charge in [0, 0.05) is 56.7 Å². The molecule has 0 bridgehead atoms. The Bertz CT molecular complexity index is 1130. The number of alkyl halides is 2. The third-order valence-corrected chi connectivity index (χ3v) is 5.63. The molecule has 1 saturated heterocycles. The van der Waals surface area contributed by atoms with Crippen LogP contribution in [0.15, 0.2) is 47.9 Å². The second-order valence-electron chi connectivity index (χ2n) is 7.99. The lowest BCUT2D eigenvalue weighted by Crippen LogP contribution is -2.52. The summed E-state index contributed by atoms with van der Waals surface area (Å²) in [4.78, 5) is 38.2. The normalized spacial score (nSPS) is 19.1. The van der Waals surface area contributed by atoms with Gasteiger partial charge in [-0.25, -0.2) is 18.6 Å². The van der Waals surface area contributed by atoms with Crippen molar-refractivity contribution in [3.63, 3.8) is 0 Å². The van der Waals surface area contributed by atoms with E-state index in [0.29, 0.717) is 22.8 Å². The minimum absolute atomic E-state index is 0.105. The number of carbonyl (C=O) groups excluding carboxylic acids is 2. The first kappa shape index (κ1) is 22.3. The molecule has 0 unspecified atom stereocenters. The quantitative estimate of drug-likeness (QED) is 0.665. The highest BCUT2D eigenvalue weighted by Crippen LogP contribution is 2.57. The average molecular weight is 456 g/mol. The lowest BCUT2D eigenvalue weighted by molar-refractivity contribution is -0.176. The van der Waals surface area contributed by atoms with Gasteiger partial charge in [0.1, 0.15) is 17.3 Å². The first-order valence-electron chi connectivity index (χ1n) is 10.2. The van der Waals surface area contributed by atoms with Gasteiger partial charge in [-0.2, -0.15) is 0 Å². The maximum atomic E-state index is 13.3. The largest absolute Gasteiger partial charge is 0.456 e. The summed E-state index contributed by atoms with van der Waals surface area (Å²) in [5, 5.41) is 2.52. The fourth-order valence-electron chi connectivity index (χ4n) is 4.07. The summed E-state index contributed by atoms with van der Waals surface area (Å²) < 4.78 is 32.3. The number of anilines is 1. The number of rotatable bonds is 5. The Morgan fingerprint density at radius 3 is 2.70 bits per heavy atom. The Morgan fingerprint density at radius 2 is 2.06 bits per heavy atom. The van der Waals surface area contributed by atoms with Gasteiger partial charge in [0.05, 0.1) is 17.3 Å². The van der Waals surface area contributed by atoms with Crippen molar-refractivity contribution in [2.75, 3.05) is 18.9 Å². The molecular weight excluding hydrogens is 434 g/mol. The molecule has 3 heterocycles. The van der Waals surface area contributed by atoms with Crippen LogP contribution in [-0.2, 0) is 4.79 Å². The lowest BCUT2D eigenvalue weighted by Gasteiger charge is -2.42. The molecule has 3 N–H and O–H groups in total. The molecule has 3 amide bonds. The number of nitrogens with zero attached hydrogens (tertiary/aromatic N) is 4. The molecule has 11 heteroatoms. The molecule has 172 valence electrons. The standard InChI is InChI=1S/C22H22F2N6O3/c1-26-10-14(9-25)17-8-15(4-6-27-17)33-16-2-3-18(28-11-16)29-20(32)30-7-5-21(19(30)31)12-22(23,24)13-21/h2-4,6,8-11H,5,7,12-13,25H2,1H3,(H,28,29,32). The fraction of sp³-hybridized carbons (Fsp3) is 0.318. The van der Waals surface area contributed by atoms with Gasteiger partial charge in [0.2, 0.25) is 11.8 Å². The third-order valence-electron chi connectivity index (χ3n) is 5.63. The molecule has 33 heavy (non-hydrogen) atoms. The fourth-order valence-corrected chi connectivity index (χ4v) is 4.07. The van der Waals surface area contributed by atoms with E-state index in [2.05, 4.69) is 20.3 Å². The maximum Gasteiger partial charge on any atom is 0.329 e. The number of urea groups is 1. The van der Waals surface area contributed by atoms with Crippen molar-refractivity contribution in [2.24, 2.45) is 16.1 Å². The van der Waals surface area contributed by atoms with Gasteiger partial charge < -0.3 is 10.5 Å². The minimum Gasteiger partial charge on any atom is -0.456 e. The number of pyridine rings is 2. The first-order valence-corrected chi connectivity index (χ1v) is 10.2. The van der Waals surface area contributed by atoms with Gasteiger partial charge in [0.25, 0.3) is 0 Å². The molecule has 1 aliphatic carbocycles. The smallest absolute Gasteiger partial charge is 0.329 e. The highest BCUT2D eigenvalue weighted by Gasteiger charge is 2.64. The minimum atomic E-state index is -2.83. The second kappa shape index (κ2) is 8.57. The Kier molecular flexibility index (Phi) is 5.79. The number of ether oxygens (including phenoxy) is 1. The molecule has 2 fully saturated rings. The summed E-state index contributed by atoms with van der Waals surface area (Å²) in [7, 11) is 1.62. The van der Waals surface area contributed by atoms with Crippen molar-refractivity contribution < 1.29 is 23.1 Å². The molecule has 2 aromatic heterocycles. The first-order chi connectivity index (χ1) is 15.7. The van der Waals surface area contributed by atoms with E-state index in [1.807, 2.05) is 0 Å². The number of halogens is 2. The zero-order valence-corrected chi connectivity index (χ0v) is 17.8. The summed E-state index contributed by atoms with van der Waals surface area (Å²) >= 11 is 0. The van der Waals surface area contributed by atoms with Crippen LogP contribution in [0.25, 0.3) is 5.57 Å². The van der Waals surface area contributed by atoms with Crippen LogP contribution in [0.5, 0.6) is 11.5 Å². The van der Waals surface area contributed by atoms with Crippen LogP contribution in [-0.4, -0.2) is 52.5 Å². The van der Waals surface area contributed by atoms with Crippen LogP contribution in [0.2, 0.25) is 0 Å². The van der Waals surface area contributed by atoms with Crippen molar-refractivity contribution in [1.82, 2.24) is 14.9 Å². The predicted molar refractivity (Wildman–Crippen MR) is 117 cm³/mol. The van der Waals surface area contributed by atoms with Gasteiger partial charge in [-0.1, -0.05) is 0 Å². The number of aromatic nitrogens is 2. The van der Waals surface area contributed by atoms with Crippen molar-refractivity contribution in [3.8, 4) is 11.5 Å². The van der Waals surface area contributed by atoms with Crippen LogP contribution in [0.3, 0.4) is 0 Å². The molecule has 1 aliphatic heterocycles. The van der Waals surface area contributed by atoms with E-state index < -0.39 is 36.1 Å². The summed E-state index contributed by atoms with van der Waals surface area (Å²) in [6, 6.07) is 5.77. The van der Waals surface area contributed by atoms with E-state index >= 15 is 0 Å². The van der Waals surface area contributed by atoms with Crippen molar-refractivity contribution in [3.05, 3.63) is 48.6 Å². The van der Waals surface area contributed by atoms with E-state index in [9.17, 15) is 18.4 Å². The predicted octanol–water partition coefficient (Wildman–Crippen LogP) is 3.45. The van der Waals surface area contributed by atoms with Crippen LogP contribution in [0, 0.1) is 5.41 Å². The molecule has 0 radical (unpaired) electrons. The third kappa shape index (κ3) is 4.52. The van der Waals surface area contributed by atoms with Crippen molar-refractivity contribution in [2.45, 2.75) is 25.2 Å². The lowest BCUT2D eigenvalue weighted by atomic mass is 9.65. The van der Waals surface area contributed by atoms with Gasteiger partial charge in [-0.05, 0) is 24.6 Å². The molecule has 0 aromatic carbocycles. The van der Waals surface area contributed by atoms with Gasteiger partial charge in [0.15, 0.2) is 0 Å². The molecule has 4 rings (SSSR count). The van der Waals surface area contributed by atoms with Crippen molar-refractivity contribution >= 4 is 29.5 Å². The van der Waals surface area contributed by atoms with E-state index in [-0.39, 0.29) is 18.8 Å². The van der Waals surface area contributed by atoms with Crippen LogP contribution in [0.4, 0.5) is 19.4 Å². The van der Waals surface area contributed by atoms with E-state index in [0.717, 1.165) is 4.90 Å². The van der Waals surface area contributed by atoms with Crippen LogP contribution < -0.4 is 15.8 Å². The van der Waals surface area contributed by atoms with E-state index in [1.165, 1.54) is 18.5 Å². The van der Waals surface area contributed by atoms with E-state index in [1.54, 1.807) is 37.7 Å². The maximum absolute atomic E-state index is 13.3. The number of aliphatic imine (C=N–C) groups is 1. The number of carbonyl (C=O) groups is 2. The van der Waals surface area contributed by atoms with Gasteiger partial charge in [-0.15, -0.1) is 0 Å². The summed E-state index contributed by atoms with van der Waals surface area (Å²) in [5.41, 5.74) is 5.70. The number of nitrogens with one attached hydrogen (secondary N) is 1.